The van der Waals surface area contributed by atoms with Gasteiger partial charge in [-0.15, -0.1) is 0 Å². The van der Waals surface area contributed by atoms with Crippen molar-refractivity contribution in [2.75, 3.05) is 0 Å². The second kappa shape index (κ2) is 15.9. The molecule has 0 amide bonds. The summed E-state index contributed by atoms with van der Waals surface area (Å²) in [6.45, 7) is 0. The Kier molecular flexibility index (Phi) is 8.84. The third-order valence-electron chi connectivity index (χ3n) is 16.3. The van der Waals surface area contributed by atoms with Crippen LogP contribution >= 0.6 is 0 Å². The van der Waals surface area contributed by atoms with Gasteiger partial charge in [0.2, 0.25) is 0 Å². The van der Waals surface area contributed by atoms with Gasteiger partial charge in [-0.3, -0.25) is 0 Å². The van der Waals surface area contributed by atoms with Crippen LogP contribution in [0.3, 0.4) is 0 Å². The molecule has 0 bridgehead atoms. The van der Waals surface area contributed by atoms with Gasteiger partial charge < -0.3 is 0 Å². The van der Waals surface area contributed by atoms with Gasteiger partial charge in [-0.25, -0.2) is 0 Å². The molecule has 0 unspecified atom stereocenters. The van der Waals surface area contributed by atoms with E-state index in [2.05, 4.69) is 267 Å². The maximum Gasteiger partial charge on any atom is -0.000718 e. The van der Waals surface area contributed by atoms with Crippen LogP contribution in [0.15, 0.2) is 267 Å². The summed E-state index contributed by atoms with van der Waals surface area (Å²) in [5.74, 6) is 0. The highest BCUT2D eigenvalue weighted by atomic mass is 14.3. The van der Waals surface area contributed by atoms with Crippen LogP contribution in [-0.2, 0) is 0 Å². The largest absolute Gasteiger partial charge is 0.0622 e. The van der Waals surface area contributed by atoms with Crippen LogP contribution in [0, 0.1) is 0 Å². The summed E-state index contributed by atoms with van der Waals surface area (Å²) in [5, 5.41) is 23.2. The van der Waals surface area contributed by atoms with Crippen LogP contribution in [0.4, 0.5) is 0 Å². The van der Waals surface area contributed by atoms with E-state index in [1.807, 2.05) is 0 Å². The Hall–Kier alpha value is -9.62. The minimum atomic E-state index is 1.20. The number of fused-ring (bicyclic) bond motifs is 10. The monoisotopic (exact) mass is 932 g/mol. The lowest BCUT2D eigenvalue weighted by Gasteiger charge is -2.20. The summed E-state index contributed by atoms with van der Waals surface area (Å²) in [5.41, 5.74) is 14.9. The summed E-state index contributed by atoms with van der Waals surface area (Å²) in [4.78, 5) is 0. The fourth-order valence-electron chi connectivity index (χ4n) is 13.4. The molecule has 0 spiro atoms. The fraction of sp³-hybridized carbons (Fsp3) is 0. The van der Waals surface area contributed by atoms with Gasteiger partial charge in [0.1, 0.15) is 0 Å². The van der Waals surface area contributed by atoms with E-state index in [1.54, 1.807) is 0 Å². The molecular formula is C74H44. The molecule has 0 radical (unpaired) electrons. The molecule has 0 saturated carbocycles. The molecule has 0 aliphatic heterocycles. The summed E-state index contributed by atoms with van der Waals surface area (Å²) >= 11 is 0. The molecule has 74 heavy (non-hydrogen) atoms. The van der Waals surface area contributed by atoms with E-state index in [0.29, 0.717) is 0 Å². The summed E-state index contributed by atoms with van der Waals surface area (Å²) in [6.07, 6.45) is 0. The summed E-state index contributed by atoms with van der Waals surface area (Å²) in [7, 11) is 0. The van der Waals surface area contributed by atoms with E-state index >= 15 is 0 Å². The van der Waals surface area contributed by atoms with Gasteiger partial charge in [0.05, 0.1) is 0 Å². The average molecular weight is 933 g/mol. The molecule has 0 saturated heterocycles. The molecule has 0 aliphatic rings. The highest BCUT2D eigenvalue weighted by molar-refractivity contribution is 6.45. The Morgan fingerprint density at radius 2 is 0.554 bits per heavy atom. The van der Waals surface area contributed by atoms with E-state index in [-0.39, 0.29) is 0 Å². The first-order chi connectivity index (χ1) is 36.8. The van der Waals surface area contributed by atoms with E-state index in [1.165, 1.54) is 164 Å². The molecule has 16 aromatic carbocycles. The van der Waals surface area contributed by atoms with Crippen LogP contribution in [0.1, 0.15) is 0 Å². The van der Waals surface area contributed by atoms with Crippen LogP contribution in [0.2, 0.25) is 0 Å². The van der Waals surface area contributed by atoms with Gasteiger partial charge >= 0.3 is 0 Å². The predicted molar refractivity (Wildman–Crippen MR) is 319 cm³/mol. The van der Waals surface area contributed by atoms with Gasteiger partial charge in [0.15, 0.2) is 0 Å². The maximum atomic E-state index is 2.55. The zero-order valence-corrected chi connectivity index (χ0v) is 40.4. The molecule has 0 heteroatoms. The predicted octanol–water partition coefficient (Wildman–Crippen LogP) is 20.9. The minimum absolute atomic E-state index is 1.20. The Balaban J connectivity index is 1.08. The molecule has 0 nitrogen and oxygen atoms in total. The first-order valence-electron chi connectivity index (χ1n) is 25.8. The maximum absolute atomic E-state index is 2.55. The molecule has 0 heterocycles. The summed E-state index contributed by atoms with van der Waals surface area (Å²) < 4.78 is 0. The van der Waals surface area contributed by atoms with Crippen molar-refractivity contribution in [2.45, 2.75) is 0 Å². The van der Waals surface area contributed by atoms with Crippen molar-refractivity contribution in [1.82, 2.24) is 0 Å². The molecule has 340 valence electrons. The topological polar surface area (TPSA) is 0 Å². The van der Waals surface area contributed by atoms with Crippen molar-refractivity contribution in [2.24, 2.45) is 0 Å². The molecule has 16 aromatic rings. The normalized spacial score (nSPS) is 12.1. The van der Waals surface area contributed by atoms with Crippen molar-refractivity contribution in [3.63, 3.8) is 0 Å². The van der Waals surface area contributed by atoms with Crippen LogP contribution in [-0.4, -0.2) is 0 Å². The van der Waals surface area contributed by atoms with Crippen molar-refractivity contribution in [3.8, 4) is 66.8 Å². The van der Waals surface area contributed by atoms with Crippen LogP contribution in [0.25, 0.3) is 164 Å². The molecule has 16 rings (SSSR count). The van der Waals surface area contributed by atoms with E-state index in [9.17, 15) is 0 Å². The number of hydrogen-bond donors (Lipinski definition) is 0. The molecule has 0 N–H and O–H groups in total. The van der Waals surface area contributed by atoms with E-state index in [4.69, 9.17) is 0 Å². The highest BCUT2D eigenvalue weighted by Crippen LogP contribution is 2.56. The van der Waals surface area contributed by atoms with Crippen molar-refractivity contribution >= 4 is 97.0 Å². The smallest absolute Gasteiger partial charge is 0.000718 e. The molecule has 0 atom stereocenters. The van der Waals surface area contributed by atoms with E-state index in [0.717, 1.165) is 0 Å². The Morgan fingerprint density at radius 1 is 0.135 bits per heavy atom. The third kappa shape index (κ3) is 5.80. The lowest BCUT2D eigenvalue weighted by atomic mass is 9.82. The highest BCUT2D eigenvalue weighted by Gasteiger charge is 2.28. The number of benzene rings is 14. The Labute approximate surface area is 428 Å². The number of hydrogen-bond acceptors (Lipinski definition) is 0. The van der Waals surface area contributed by atoms with Crippen LogP contribution < -0.4 is 0 Å². The Bertz CT molecular complexity index is 4900. The fourth-order valence-corrected chi connectivity index (χ4v) is 13.4. The van der Waals surface area contributed by atoms with Gasteiger partial charge in [0, 0.05) is 0 Å². The number of rotatable bonds is 6. The minimum Gasteiger partial charge on any atom is -0.0622 e. The first-order valence-corrected chi connectivity index (χ1v) is 25.8. The van der Waals surface area contributed by atoms with Crippen molar-refractivity contribution in [1.29, 1.82) is 0 Å². The third-order valence-corrected chi connectivity index (χ3v) is 16.3. The summed E-state index contributed by atoms with van der Waals surface area (Å²) in [6, 6.07) is 99.9. The van der Waals surface area contributed by atoms with Gasteiger partial charge in [-0.2, -0.15) is 0 Å². The van der Waals surface area contributed by atoms with E-state index < -0.39 is 0 Å². The second-order valence-electron chi connectivity index (χ2n) is 20.1. The standard InChI is InChI=1S/C74H44/c1-5-21-45(22-6-1)50-29-13-16-32-55(50)71-65-44-64-53-31-15-14-30-52(53)56-36-20-37-60(70(56)64)72(65)68(48-27-11-4-12-28-48)73-61-38-19-35-54-51(41-42-62(69(54)61)74(71)73)49-39-40-59-63(43-49)67(47-25-9-3-10-26-47)58-34-18-17-33-57(58)66(59)46-23-7-2-8-24-46/h1-44H. The van der Waals surface area contributed by atoms with Crippen LogP contribution in [0.5, 0.6) is 0 Å². The van der Waals surface area contributed by atoms with Gasteiger partial charge in [-0.05, 0) is 176 Å². The zero-order valence-electron chi connectivity index (χ0n) is 40.4. The van der Waals surface area contributed by atoms with Crippen molar-refractivity contribution < 1.29 is 0 Å². The molecule has 0 fully saturated rings. The lowest BCUT2D eigenvalue weighted by Crippen LogP contribution is -1.93. The van der Waals surface area contributed by atoms with Gasteiger partial charge in [-0.1, -0.05) is 255 Å². The molecular weight excluding hydrogens is 889 g/mol. The van der Waals surface area contributed by atoms with Crippen molar-refractivity contribution in [3.05, 3.63) is 267 Å². The van der Waals surface area contributed by atoms with Gasteiger partial charge in [0.25, 0.3) is 0 Å². The SMILES string of the molecule is c1ccc(-c2ccccc2-c2c3cc4c5ccccc5c5cccc(c3c(-c3ccccc3)c3c6cccc7c(-c8ccc9c(-c%10ccccc%10)c%10ccccc%10c(-c%10ccccc%10)c9c8)ccc(c23)c76)c54)cc1. The Morgan fingerprint density at radius 3 is 1.20 bits per heavy atom. The first kappa shape index (κ1) is 41.0. The quantitative estimate of drug-likeness (QED) is 0.115. The lowest BCUT2D eigenvalue weighted by molar-refractivity contribution is 1.61. The second-order valence-corrected chi connectivity index (χ2v) is 20.1. The molecule has 0 aromatic heterocycles. The molecule has 0 aliphatic carbocycles. The average Bonchev–Trinajstić information content (AvgIpc) is 3.98. The zero-order chi connectivity index (χ0) is 48.4.